The molecule has 6 heteroatoms. The zero-order chi connectivity index (χ0) is 20.4. The molecule has 1 aromatic rings. The number of rotatable bonds is 5. The Balaban J connectivity index is 1.53. The molecule has 0 bridgehead atoms. The zero-order valence-electron chi connectivity index (χ0n) is 17.2. The number of urea groups is 1. The lowest BCUT2D eigenvalue weighted by Crippen LogP contribution is -2.53. The molecule has 1 aliphatic carbocycles. The molecule has 4 rings (SSSR count). The molecule has 2 aliphatic heterocycles. The number of piperidine rings is 1. The average molecular weight is 398 g/mol. The highest BCUT2D eigenvalue weighted by molar-refractivity contribution is 6.09. The van der Waals surface area contributed by atoms with Crippen molar-refractivity contribution in [3.8, 4) is 0 Å². The summed E-state index contributed by atoms with van der Waals surface area (Å²) in [5, 5.41) is 2.92. The molecule has 1 N–H and O–H groups in total. The fraction of sp³-hybridized carbons (Fsp3) is 0.609. The largest absolute Gasteiger partial charge is 0.338 e. The first-order valence-corrected chi connectivity index (χ1v) is 11.1. The predicted octanol–water partition coefficient (Wildman–Crippen LogP) is 3.42. The molecule has 1 aromatic carbocycles. The lowest BCUT2D eigenvalue weighted by molar-refractivity contribution is -0.143. The average Bonchev–Trinajstić information content (AvgIpc) is 2.99. The van der Waals surface area contributed by atoms with Crippen LogP contribution in [0.15, 0.2) is 30.3 Å². The standard InChI is InChI=1S/C23H31N3O3/c1-2-14-23(18-11-4-3-5-12-18)21(28)26(22(29)24-23)16-20(27)25-15-8-10-17-9-6-7-13-19(17)25/h3-5,11-12,17,19H,2,6-10,13-16H2,1H3,(H,24,29)/t17-,19-,23-/m0/s1. The Hall–Kier alpha value is -2.37. The van der Waals surface area contributed by atoms with Crippen LogP contribution in [0, 0.1) is 5.92 Å². The van der Waals surface area contributed by atoms with Crippen LogP contribution in [0.25, 0.3) is 0 Å². The smallest absolute Gasteiger partial charge is 0.325 e. The van der Waals surface area contributed by atoms with E-state index in [9.17, 15) is 14.4 Å². The monoisotopic (exact) mass is 397 g/mol. The Kier molecular flexibility index (Phi) is 5.61. The van der Waals surface area contributed by atoms with Crippen molar-refractivity contribution in [2.45, 2.75) is 69.9 Å². The van der Waals surface area contributed by atoms with Gasteiger partial charge in [0, 0.05) is 12.6 Å². The number of amides is 4. The van der Waals surface area contributed by atoms with Gasteiger partial charge in [0.2, 0.25) is 5.91 Å². The number of carbonyl (C=O) groups is 3. The first kappa shape index (κ1) is 19.9. The van der Waals surface area contributed by atoms with Gasteiger partial charge in [-0.25, -0.2) is 4.79 Å². The Morgan fingerprint density at radius 2 is 1.83 bits per heavy atom. The van der Waals surface area contributed by atoms with E-state index in [1.165, 1.54) is 19.3 Å². The molecule has 0 radical (unpaired) electrons. The van der Waals surface area contributed by atoms with Gasteiger partial charge >= 0.3 is 6.03 Å². The summed E-state index contributed by atoms with van der Waals surface area (Å²) in [4.78, 5) is 42.4. The van der Waals surface area contributed by atoms with Crippen molar-refractivity contribution in [2.24, 2.45) is 5.92 Å². The molecule has 3 aliphatic rings. The van der Waals surface area contributed by atoms with E-state index in [0.717, 1.165) is 42.7 Å². The lowest BCUT2D eigenvalue weighted by Gasteiger charge is -2.44. The van der Waals surface area contributed by atoms with Gasteiger partial charge < -0.3 is 10.2 Å². The van der Waals surface area contributed by atoms with Crippen LogP contribution >= 0.6 is 0 Å². The number of fused-ring (bicyclic) bond motifs is 1. The number of hydrogen-bond donors (Lipinski definition) is 1. The van der Waals surface area contributed by atoms with Crippen molar-refractivity contribution >= 4 is 17.8 Å². The van der Waals surface area contributed by atoms with Crippen LogP contribution < -0.4 is 5.32 Å². The highest BCUT2D eigenvalue weighted by atomic mass is 16.2. The SMILES string of the molecule is CCC[C@@]1(c2ccccc2)NC(=O)N(CC(=O)N2CCC[C@@H]3CCCC[C@@H]32)C1=O. The van der Waals surface area contributed by atoms with E-state index in [1.807, 2.05) is 42.2 Å². The van der Waals surface area contributed by atoms with E-state index >= 15 is 0 Å². The van der Waals surface area contributed by atoms with Gasteiger partial charge in [-0.1, -0.05) is 56.5 Å². The molecule has 29 heavy (non-hydrogen) atoms. The molecular formula is C23H31N3O3. The summed E-state index contributed by atoms with van der Waals surface area (Å²) >= 11 is 0. The summed E-state index contributed by atoms with van der Waals surface area (Å²) in [7, 11) is 0. The van der Waals surface area contributed by atoms with Gasteiger partial charge in [-0.15, -0.1) is 0 Å². The van der Waals surface area contributed by atoms with E-state index in [0.29, 0.717) is 12.3 Å². The summed E-state index contributed by atoms with van der Waals surface area (Å²) in [5.41, 5.74) is -0.289. The minimum atomic E-state index is -1.07. The third-order valence-electron chi connectivity index (χ3n) is 6.92. The van der Waals surface area contributed by atoms with Crippen molar-refractivity contribution in [1.82, 2.24) is 15.1 Å². The number of carbonyl (C=O) groups excluding carboxylic acids is 3. The van der Waals surface area contributed by atoms with Gasteiger partial charge in [0.15, 0.2) is 0 Å². The predicted molar refractivity (Wildman–Crippen MR) is 110 cm³/mol. The minimum absolute atomic E-state index is 0.0922. The van der Waals surface area contributed by atoms with Crippen LogP contribution in [0.2, 0.25) is 0 Å². The Morgan fingerprint density at radius 1 is 1.10 bits per heavy atom. The molecule has 156 valence electrons. The number of imide groups is 1. The van der Waals surface area contributed by atoms with E-state index < -0.39 is 11.6 Å². The maximum atomic E-state index is 13.4. The molecule has 0 spiro atoms. The number of hydrogen-bond acceptors (Lipinski definition) is 3. The lowest BCUT2D eigenvalue weighted by atomic mass is 9.78. The summed E-state index contributed by atoms with van der Waals surface area (Å²) in [6.07, 6.45) is 8.08. The molecule has 2 heterocycles. The van der Waals surface area contributed by atoms with Gasteiger partial charge in [0.1, 0.15) is 12.1 Å². The van der Waals surface area contributed by atoms with Gasteiger partial charge in [0.05, 0.1) is 0 Å². The number of likely N-dealkylation sites (tertiary alicyclic amines) is 1. The van der Waals surface area contributed by atoms with Crippen molar-refractivity contribution in [3.63, 3.8) is 0 Å². The van der Waals surface area contributed by atoms with Gasteiger partial charge in [-0.05, 0) is 43.6 Å². The number of benzene rings is 1. The summed E-state index contributed by atoms with van der Waals surface area (Å²) in [6.45, 7) is 2.57. The molecule has 6 nitrogen and oxygen atoms in total. The van der Waals surface area contributed by atoms with Crippen LogP contribution in [0.3, 0.4) is 0 Å². The second kappa shape index (κ2) is 8.17. The maximum absolute atomic E-state index is 13.4. The summed E-state index contributed by atoms with van der Waals surface area (Å²) in [5.74, 6) is 0.180. The molecule has 1 saturated carbocycles. The molecule has 4 amide bonds. The first-order chi connectivity index (χ1) is 14.1. The highest BCUT2D eigenvalue weighted by Gasteiger charge is 2.52. The summed E-state index contributed by atoms with van der Waals surface area (Å²) in [6, 6.07) is 9.20. The molecule has 3 fully saturated rings. The van der Waals surface area contributed by atoms with Crippen LogP contribution in [0.5, 0.6) is 0 Å². The van der Waals surface area contributed by atoms with Crippen LogP contribution in [0.1, 0.15) is 63.9 Å². The molecule has 0 unspecified atom stereocenters. The highest BCUT2D eigenvalue weighted by Crippen LogP contribution is 2.36. The maximum Gasteiger partial charge on any atom is 0.325 e. The van der Waals surface area contributed by atoms with Gasteiger partial charge in [-0.2, -0.15) is 0 Å². The molecule has 2 saturated heterocycles. The van der Waals surface area contributed by atoms with Crippen LogP contribution in [0.4, 0.5) is 4.79 Å². The molecule has 3 atom stereocenters. The summed E-state index contributed by atoms with van der Waals surface area (Å²) < 4.78 is 0. The zero-order valence-corrected chi connectivity index (χ0v) is 17.2. The first-order valence-electron chi connectivity index (χ1n) is 11.1. The molecular weight excluding hydrogens is 366 g/mol. The van der Waals surface area contributed by atoms with Crippen molar-refractivity contribution in [2.75, 3.05) is 13.1 Å². The van der Waals surface area contributed by atoms with E-state index in [-0.39, 0.29) is 24.4 Å². The number of nitrogens with zero attached hydrogens (tertiary/aromatic N) is 2. The third kappa shape index (κ3) is 3.53. The van der Waals surface area contributed by atoms with Gasteiger partial charge in [0.25, 0.3) is 5.91 Å². The van der Waals surface area contributed by atoms with Crippen molar-refractivity contribution < 1.29 is 14.4 Å². The molecule has 0 aromatic heterocycles. The van der Waals surface area contributed by atoms with E-state index in [4.69, 9.17) is 0 Å². The Bertz CT molecular complexity index is 779. The van der Waals surface area contributed by atoms with Crippen LogP contribution in [-0.4, -0.2) is 46.8 Å². The topological polar surface area (TPSA) is 69.7 Å². The number of nitrogens with one attached hydrogen (secondary N) is 1. The normalized spacial score (nSPS) is 29.6. The van der Waals surface area contributed by atoms with Crippen LogP contribution in [-0.2, 0) is 15.1 Å². The Labute approximate surface area is 172 Å². The van der Waals surface area contributed by atoms with E-state index in [2.05, 4.69) is 5.32 Å². The minimum Gasteiger partial charge on any atom is -0.338 e. The quantitative estimate of drug-likeness (QED) is 0.774. The van der Waals surface area contributed by atoms with E-state index in [1.54, 1.807) is 0 Å². The van der Waals surface area contributed by atoms with Gasteiger partial charge in [-0.3, -0.25) is 14.5 Å². The second-order valence-electron chi connectivity index (χ2n) is 8.68. The van der Waals surface area contributed by atoms with Crippen molar-refractivity contribution in [3.05, 3.63) is 35.9 Å². The van der Waals surface area contributed by atoms with Crippen molar-refractivity contribution in [1.29, 1.82) is 0 Å². The fourth-order valence-corrected chi connectivity index (χ4v) is 5.54. The second-order valence-corrected chi connectivity index (χ2v) is 8.68. The fourth-order valence-electron chi connectivity index (χ4n) is 5.54. The third-order valence-corrected chi connectivity index (χ3v) is 6.92. The Morgan fingerprint density at radius 3 is 2.59 bits per heavy atom.